The SMILES string of the molecule is COC1=NN(c2c(Cl)cc(Cl)cc2Cl)C(=O)C1NC(=O)OCCCl. The highest BCUT2D eigenvalue weighted by Gasteiger charge is 2.41. The number of hydrogen-bond donors (Lipinski definition) is 1. The van der Waals surface area contributed by atoms with E-state index in [1.807, 2.05) is 0 Å². The molecule has 0 spiro atoms. The molecule has 11 heteroatoms. The first-order valence-electron chi connectivity index (χ1n) is 6.49. The number of amides is 2. The Kier molecular flexibility index (Phi) is 6.40. The monoisotopic (exact) mass is 413 g/mol. The third-order valence-electron chi connectivity index (χ3n) is 2.88. The summed E-state index contributed by atoms with van der Waals surface area (Å²) in [6.07, 6.45) is -0.839. The van der Waals surface area contributed by atoms with E-state index in [-0.39, 0.29) is 34.1 Å². The maximum absolute atomic E-state index is 12.6. The Labute approximate surface area is 157 Å². The van der Waals surface area contributed by atoms with Crippen LogP contribution in [-0.4, -0.2) is 43.5 Å². The number of carbonyl (C=O) groups excluding carboxylic acids is 2. The number of nitrogens with zero attached hydrogens (tertiary/aromatic N) is 2. The first-order chi connectivity index (χ1) is 11.4. The Hall–Kier alpha value is -1.41. The number of alkyl carbamates (subject to hydrolysis) is 1. The maximum atomic E-state index is 12.6. The van der Waals surface area contributed by atoms with E-state index in [1.54, 1.807) is 0 Å². The van der Waals surface area contributed by atoms with Crippen molar-refractivity contribution in [2.45, 2.75) is 6.04 Å². The molecule has 1 aromatic rings. The van der Waals surface area contributed by atoms with Gasteiger partial charge in [-0.1, -0.05) is 34.8 Å². The number of methoxy groups -OCH3 is 1. The van der Waals surface area contributed by atoms with Crippen molar-refractivity contribution in [2.75, 3.05) is 24.6 Å². The highest BCUT2D eigenvalue weighted by atomic mass is 35.5. The van der Waals surface area contributed by atoms with Gasteiger partial charge in [-0.3, -0.25) is 4.79 Å². The molecule has 7 nitrogen and oxygen atoms in total. The van der Waals surface area contributed by atoms with Crippen LogP contribution in [0, 0.1) is 0 Å². The predicted octanol–water partition coefficient (Wildman–Crippen LogP) is 3.29. The number of anilines is 1. The van der Waals surface area contributed by atoms with Gasteiger partial charge in [-0.15, -0.1) is 16.7 Å². The summed E-state index contributed by atoms with van der Waals surface area (Å²) in [5, 5.41) is 7.80. The van der Waals surface area contributed by atoms with Gasteiger partial charge in [0.1, 0.15) is 12.3 Å². The van der Waals surface area contributed by atoms with Gasteiger partial charge in [0, 0.05) is 5.02 Å². The van der Waals surface area contributed by atoms with E-state index in [4.69, 9.17) is 55.9 Å². The number of ether oxygens (including phenoxy) is 2. The quantitative estimate of drug-likeness (QED) is 0.766. The molecule has 1 heterocycles. The summed E-state index contributed by atoms with van der Waals surface area (Å²) in [5.41, 5.74) is 0.126. The van der Waals surface area contributed by atoms with Crippen LogP contribution >= 0.6 is 46.4 Å². The van der Waals surface area contributed by atoms with Crippen LogP contribution in [0.1, 0.15) is 0 Å². The lowest BCUT2D eigenvalue weighted by Gasteiger charge is -2.17. The molecule has 2 rings (SSSR count). The van der Waals surface area contributed by atoms with Gasteiger partial charge in [0.25, 0.3) is 5.91 Å². The smallest absolute Gasteiger partial charge is 0.408 e. The van der Waals surface area contributed by atoms with E-state index in [0.29, 0.717) is 5.02 Å². The molecule has 0 radical (unpaired) electrons. The normalized spacial score (nSPS) is 16.9. The molecule has 0 fully saturated rings. The number of halogens is 4. The van der Waals surface area contributed by atoms with Gasteiger partial charge in [0.05, 0.1) is 23.0 Å². The molecule has 0 saturated heterocycles. The van der Waals surface area contributed by atoms with Crippen molar-refractivity contribution in [3.63, 3.8) is 0 Å². The number of nitrogens with one attached hydrogen (secondary N) is 1. The number of rotatable bonds is 4. The average molecular weight is 415 g/mol. The fourth-order valence-corrected chi connectivity index (χ4v) is 2.96. The van der Waals surface area contributed by atoms with Gasteiger partial charge in [0.15, 0.2) is 6.04 Å². The number of carbonyl (C=O) groups is 2. The third kappa shape index (κ3) is 3.97. The summed E-state index contributed by atoms with van der Waals surface area (Å²) in [6, 6.07) is 1.64. The predicted molar refractivity (Wildman–Crippen MR) is 92.4 cm³/mol. The molecule has 0 aliphatic carbocycles. The first-order valence-corrected chi connectivity index (χ1v) is 8.16. The topological polar surface area (TPSA) is 80.2 Å². The Balaban J connectivity index is 2.28. The standard InChI is InChI=1S/C13H11Cl4N3O4/c1-23-11-9(18-13(22)24-3-2-14)12(21)20(19-11)10-7(16)4-6(15)5-8(10)17/h4-5,9H,2-3H2,1H3,(H,18,22). The largest absolute Gasteiger partial charge is 0.481 e. The fraction of sp³-hybridized carbons (Fsp3) is 0.308. The van der Waals surface area contributed by atoms with Crippen LogP contribution < -0.4 is 10.3 Å². The van der Waals surface area contributed by atoms with Crippen LogP contribution in [0.2, 0.25) is 15.1 Å². The lowest BCUT2D eigenvalue weighted by Crippen LogP contribution is -2.47. The number of hydrogen-bond acceptors (Lipinski definition) is 5. The second-order valence-electron chi connectivity index (χ2n) is 4.41. The summed E-state index contributed by atoms with van der Waals surface area (Å²) >= 11 is 23.5. The molecule has 0 aromatic heterocycles. The van der Waals surface area contributed by atoms with E-state index in [9.17, 15) is 9.59 Å². The molecule has 130 valence electrons. The molecule has 1 aliphatic rings. The minimum atomic E-state index is -1.18. The van der Waals surface area contributed by atoms with E-state index >= 15 is 0 Å². The number of alkyl halides is 1. The lowest BCUT2D eigenvalue weighted by molar-refractivity contribution is -0.118. The minimum Gasteiger partial charge on any atom is -0.481 e. The average Bonchev–Trinajstić information content (AvgIpc) is 2.81. The second kappa shape index (κ2) is 8.11. The summed E-state index contributed by atoms with van der Waals surface area (Å²) < 4.78 is 9.80. The molecule has 1 atom stereocenters. The van der Waals surface area contributed by atoms with Crippen LogP contribution in [0.5, 0.6) is 0 Å². The molecule has 1 aromatic carbocycles. The molecule has 24 heavy (non-hydrogen) atoms. The van der Waals surface area contributed by atoms with Crippen molar-refractivity contribution in [3.8, 4) is 0 Å². The molecule has 1 unspecified atom stereocenters. The zero-order valence-corrected chi connectivity index (χ0v) is 15.2. The van der Waals surface area contributed by atoms with Crippen LogP contribution in [0.15, 0.2) is 17.2 Å². The van der Waals surface area contributed by atoms with Crippen LogP contribution in [0.4, 0.5) is 10.5 Å². The summed E-state index contributed by atoms with van der Waals surface area (Å²) in [6.45, 7) is -0.00763. The molecular weight excluding hydrogens is 404 g/mol. The Morgan fingerprint density at radius 3 is 2.50 bits per heavy atom. The first kappa shape index (κ1) is 18.9. The Morgan fingerprint density at radius 2 is 1.96 bits per heavy atom. The highest BCUT2D eigenvalue weighted by Crippen LogP contribution is 2.38. The van der Waals surface area contributed by atoms with Gasteiger partial charge < -0.3 is 14.8 Å². The van der Waals surface area contributed by atoms with Gasteiger partial charge in [-0.25, -0.2) is 4.79 Å². The molecule has 0 saturated carbocycles. The van der Waals surface area contributed by atoms with E-state index in [0.717, 1.165) is 5.01 Å². The maximum Gasteiger partial charge on any atom is 0.408 e. The van der Waals surface area contributed by atoms with Crippen LogP contribution in [0.3, 0.4) is 0 Å². The van der Waals surface area contributed by atoms with E-state index < -0.39 is 18.0 Å². The van der Waals surface area contributed by atoms with Crippen molar-refractivity contribution >= 4 is 70.0 Å². The summed E-state index contributed by atoms with van der Waals surface area (Å²) in [4.78, 5) is 24.2. The van der Waals surface area contributed by atoms with Crippen molar-refractivity contribution in [3.05, 3.63) is 27.2 Å². The molecule has 2 amide bonds. The Morgan fingerprint density at radius 1 is 1.33 bits per heavy atom. The lowest BCUT2D eigenvalue weighted by atomic mass is 10.2. The van der Waals surface area contributed by atoms with Gasteiger partial charge in [0.2, 0.25) is 5.90 Å². The second-order valence-corrected chi connectivity index (χ2v) is 6.04. The zero-order chi connectivity index (χ0) is 17.9. The summed E-state index contributed by atoms with van der Waals surface area (Å²) in [7, 11) is 1.31. The van der Waals surface area contributed by atoms with Gasteiger partial charge >= 0.3 is 6.09 Å². The minimum absolute atomic E-state index is 0.00763. The van der Waals surface area contributed by atoms with Crippen LogP contribution in [-0.2, 0) is 14.3 Å². The van der Waals surface area contributed by atoms with Crippen molar-refractivity contribution in [1.82, 2.24) is 5.32 Å². The third-order valence-corrected chi connectivity index (χ3v) is 3.83. The molecule has 0 bridgehead atoms. The van der Waals surface area contributed by atoms with E-state index in [1.165, 1.54) is 19.2 Å². The van der Waals surface area contributed by atoms with E-state index in [2.05, 4.69) is 10.4 Å². The molecule has 1 aliphatic heterocycles. The van der Waals surface area contributed by atoms with Crippen molar-refractivity contribution in [2.24, 2.45) is 5.10 Å². The van der Waals surface area contributed by atoms with Gasteiger partial charge in [-0.2, -0.15) is 5.01 Å². The highest BCUT2D eigenvalue weighted by molar-refractivity contribution is 6.42. The van der Waals surface area contributed by atoms with Crippen LogP contribution in [0.25, 0.3) is 0 Å². The number of benzene rings is 1. The van der Waals surface area contributed by atoms with Crippen molar-refractivity contribution < 1.29 is 19.1 Å². The van der Waals surface area contributed by atoms with Gasteiger partial charge in [-0.05, 0) is 12.1 Å². The molecule has 1 N–H and O–H groups in total. The summed E-state index contributed by atoms with van der Waals surface area (Å²) in [5.74, 6) is -0.551. The molecular formula is C13H11Cl4N3O4. The van der Waals surface area contributed by atoms with Crippen molar-refractivity contribution in [1.29, 1.82) is 0 Å². The zero-order valence-electron chi connectivity index (χ0n) is 12.2. The Bertz CT molecular complexity index is 675. The fourth-order valence-electron chi connectivity index (χ4n) is 1.90. The number of hydrazone groups is 1.